The fourth-order valence-electron chi connectivity index (χ4n) is 2.13. The first-order chi connectivity index (χ1) is 5.69. The van der Waals surface area contributed by atoms with Gasteiger partial charge in [0.25, 0.3) is 0 Å². The van der Waals surface area contributed by atoms with Crippen LogP contribution in [0.15, 0.2) is 0 Å². The lowest BCUT2D eigenvalue weighted by Gasteiger charge is -2.13. The van der Waals surface area contributed by atoms with Crippen LogP contribution in [0.4, 0.5) is 0 Å². The fourth-order valence-corrected chi connectivity index (χ4v) is 2.13. The van der Waals surface area contributed by atoms with Crippen molar-refractivity contribution in [2.45, 2.75) is 26.7 Å². The summed E-state index contributed by atoms with van der Waals surface area (Å²) in [5.74, 6) is 1.39. The molecule has 1 rings (SSSR count). The maximum absolute atomic E-state index is 11.5. The summed E-state index contributed by atoms with van der Waals surface area (Å²) in [7, 11) is 2.10. The van der Waals surface area contributed by atoms with Gasteiger partial charge in [-0.2, -0.15) is 0 Å². The Morgan fingerprint density at radius 2 is 2.08 bits per heavy atom. The zero-order valence-corrected chi connectivity index (χ0v) is 8.34. The summed E-state index contributed by atoms with van der Waals surface area (Å²) in [4.78, 5) is 13.8. The van der Waals surface area contributed by atoms with Crippen molar-refractivity contribution in [3.8, 4) is 0 Å². The van der Waals surface area contributed by atoms with Crippen LogP contribution in [0.1, 0.15) is 26.7 Å². The van der Waals surface area contributed by atoms with E-state index in [1.54, 1.807) is 0 Å². The third-order valence-corrected chi connectivity index (χ3v) is 2.91. The average molecular weight is 169 g/mol. The Morgan fingerprint density at radius 1 is 1.42 bits per heavy atom. The highest BCUT2D eigenvalue weighted by Gasteiger charge is 2.33. The molecule has 1 heterocycles. The summed E-state index contributed by atoms with van der Waals surface area (Å²) in [6.45, 7) is 6.23. The Kier molecular flexibility index (Phi) is 3.27. The molecule has 1 aliphatic rings. The highest BCUT2D eigenvalue weighted by atomic mass is 16.1. The minimum atomic E-state index is 0.324. The fraction of sp³-hybridized carbons (Fsp3) is 0.900. The van der Waals surface area contributed by atoms with Crippen LogP contribution in [0.2, 0.25) is 0 Å². The second-order valence-corrected chi connectivity index (χ2v) is 3.82. The van der Waals surface area contributed by atoms with Crippen molar-refractivity contribution in [1.29, 1.82) is 0 Å². The normalized spacial score (nSPS) is 30.9. The molecule has 0 aromatic heterocycles. The third kappa shape index (κ3) is 1.86. The molecule has 70 valence electrons. The molecule has 2 heteroatoms. The minimum Gasteiger partial charge on any atom is -0.305 e. The first kappa shape index (κ1) is 9.72. The number of carbonyl (C=O) groups is 1. The van der Waals surface area contributed by atoms with E-state index in [1.807, 2.05) is 6.92 Å². The monoisotopic (exact) mass is 169 g/mol. The first-order valence-electron chi connectivity index (χ1n) is 4.90. The number of hydrogen-bond acceptors (Lipinski definition) is 2. The van der Waals surface area contributed by atoms with Crippen molar-refractivity contribution in [1.82, 2.24) is 4.90 Å². The van der Waals surface area contributed by atoms with E-state index in [2.05, 4.69) is 18.9 Å². The summed E-state index contributed by atoms with van der Waals surface area (Å²) in [5.41, 5.74) is 0. The van der Waals surface area contributed by atoms with Gasteiger partial charge in [0, 0.05) is 25.4 Å². The predicted octanol–water partition coefficient (Wildman–Crippen LogP) is 1.55. The van der Waals surface area contributed by atoms with Crippen molar-refractivity contribution in [3.05, 3.63) is 0 Å². The van der Waals surface area contributed by atoms with E-state index in [9.17, 15) is 4.79 Å². The van der Waals surface area contributed by atoms with Crippen LogP contribution in [-0.4, -0.2) is 30.8 Å². The summed E-state index contributed by atoms with van der Waals surface area (Å²) < 4.78 is 0. The smallest absolute Gasteiger partial charge is 0.137 e. The van der Waals surface area contributed by atoms with E-state index >= 15 is 0 Å². The molecule has 1 saturated heterocycles. The van der Waals surface area contributed by atoms with E-state index in [0.717, 1.165) is 19.5 Å². The van der Waals surface area contributed by atoms with Gasteiger partial charge in [0.2, 0.25) is 0 Å². The van der Waals surface area contributed by atoms with Gasteiger partial charge in [-0.3, -0.25) is 4.79 Å². The van der Waals surface area contributed by atoms with Crippen molar-refractivity contribution < 1.29 is 4.79 Å². The van der Waals surface area contributed by atoms with E-state index in [4.69, 9.17) is 0 Å². The molecule has 0 amide bonds. The molecule has 2 nitrogen and oxygen atoms in total. The van der Waals surface area contributed by atoms with E-state index in [-0.39, 0.29) is 0 Å². The largest absolute Gasteiger partial charge is 0.305 e. The van der Waals surface area contributed by atoms with Crippen LogP contribution in [-0.2, 0) is 4.79 Å². The molecule has 0 aliphatic carbocycles. The lowest BCUT2D eigenvalue weighted by Crippen LogP contribution is -2.21. The molecule has 0 saturated carbocycles. The number of nitrogens with zero attached hydrogens (tertiary/aromatic N) is 1. The van der Waals surface area contributed by atoms with Crippen LogP contribution < -0.4 is 0 Å². The Hall–Kier alpha value is -0.370. The van der Waals surface area contributed by atoms with Gasteiger partial charge in [-0.1, -0.05) is 20.3 Å². The summed E-state index contributed by atoms with van der Waals surface area (Å²) in [6, 6.07) is 0. The van der Waals surface area contributed by atoms with Gasteiger partial charge in [-0.15, -0.1) is 0 Å². The quantitative estimate of drug-likeness (QED) is 0.639. The Bertz CT molecular complexity index is 167. The second kappa shape index (κ2) is 4.04. The molecular formula is C10H19NO. The van der Waals surface area contributed by atoms with Gasteiger partial charge in [-0.25, -0.2) is 0 Å². The zero-order chi connectivity index (χ0) is 9.14. The molecule has 1 aliphatic heterocycles. The standard InChI is InChI=1S/C10H19NO/c1-4-8-6-11(3)7-9(8)10(12)5-2/h8-9H,4-7H2,1-3H3/t8?,9-/m0/s1. The number of carbonyl (C=O) groups excluding carboxylic acids is 1. The Morgan fingerprint density at radius 3 is 2.58 bits per heavy atom. The lowest BCUT2D eigenvalue weighted by atomic mass is 9.89. The molecule has 0 spiro atoms. The van der Waals surface area contributed by atoms with Gasteiger partial charge >= 0.3 is 0 Å². The predicted molar refractivity (Wildman–Crippen MR) is 50.1 cm³/mol. The van der Waals surface area contributed by atoms with Gasteiger partial charge in [0.05, 0.1) is 0 Å². The molecule has 0 radical (unpaired) electrons. The lowest BCUT2D eigenvalue weighted by molar-refractivity contribution is -0.123. The van der Waals surface area contributed by atoms with Crippen molar-refractivity contribution in [3.63, 3.8) is 0 Å². The van der Waals surface area contributed by atoms with Gasteiger partial charge in [-0.05, 0) is 13.0 Å². The number of rotatable bonds is 3. The van der Waals surface area contributed by atoms with Crippen LogP contribution in [0, 0.1) is 11.8 Å². The maximum Gasteiger partial charge on any atom is 0.137 e. The molecule has 0 bridgehead atoms. The summed E-state index contributed by atoms with van der Waals surface area (Å²) in [6.07, 6.45) is 1.84. The molecule has 1 fully saturated rings. The molecule has 12 heavy (non-hydrogen) atoms. The van der Waals surface area contributed by atoms with Crippen molar-refractivity contribution in [2.75, 3.05) is 20.1 Å². The molecule has 2 atom stereocenters. The van der Waals surface area contributed by atoms with Crippen molar-refractivity contribution in [2.24, 2.45) is 11.8 Å². The molecule has 1 unspecified atom stereocenters. The first-order valence-corrected chi connectivity index (χ1v) is 4.90. The minimum absolute atomic E-state index is 0.324. The molecular weight excluding hydrogens is 150 g/mol. The van der Waals surface area contributed by atoms with Crippen LogP contribution >= 0.6 is 0 Å². The van der Waals surface area contributed by atoms with Crippen molar-refractivity contribution >= 4 is 5.78 Å². The average Bonchev–Trinajstić information content (AvgIpc) is 2.45. The molecule has 0 N–H and O–H groups in total. The van der Waals surface area contributed by atoms with Gasteiger partial charge < -0.3 is 4.90 Å². The van der Waals surface area contributed by atoms with E-state index in [1.165, 1.54) is 0 Å². The highest BCUT2D eigenvalue weighted by molar-refractivity contribution is 5.81. The maximum atomic E-state index is 11.5. The Balaban J connectivity index is 2.57. The zero-order valence-electron chi connectivity index (χ0n) is 8.34. The Labute approximate surface area is 74.9 Å². The number of hydrogen-bond donors (Lipinski definition) is 0. The number of likely N-dealkylation sites (tertiary alicyclic amines) is 1. The third-order valence-electron chi connectivity index (χ3n) is 2.91. The number of ketones is 1. The summed E-state index contributed by atoms with van der Waals surface area (Å²) in [5, 5.41) is 0. The van der Waals surface area contributed by atoms with Crippen LogP contribution in [0.25, 0.3) is 0 Å². The van der Waals surface area contributed by atoms with E-state index in [0.29, 0.717) is 24.0 Å². The second-order valence-electron chi connectivity index (χ2n) is 3.82. The van der Waals surface area contributed by atoms with Gasteiger partial charge in [0.1, 0.15) is 5.78 Å². The van der Waals surface area contributed by atoms with Crippen LogP contribution in [0.3, 0.4) is 0 Å². The van der Waals surface area contributed by atoms with Crippen LogP contribution in [0.5, 0.6) is 0 Å². The topological polar surface area (TPSA) is 20.3 Å². The molecule has 0 aromatic rings. The molecule has 0 aromatic carbocycles. The highest BCUT2D eigenvalue weighted by Crippen LogP contribution is 2.26. The van der Waals surface area contributed by atoms with Gasteiger partial charge in [0.15, 0.2) is 0 Å². The SMILES string of the molecule is CCC(=O)[C@H]1CN(C)CC1CC. The number of Topliss-reactive ketones (excluding diaryl/α,β-unsaturated/α-hetero) is 1. The van der Waals surface area contributed by atoms with E-state index < -0.39 is 0 Å². The summed E-state index contributed by atoms with van der Waals surface area (Å²) >= 11 is 0.